The van der Waals surface area contributed by atoms with Gasteiger partial charge < -0.3 is 14.5 Å². The van der Waals surface area contributed by atoms with Crippen LogP contribution in [0.3, 0.4) is 0 Å². The van der Waals surface area contributed by atoms with Crippen LogP contribution in [-0.4, -0.2) is 35.4 Å². The number of thiophene rings is 1. The number of aromatic nitrogens is 6. The Balaban J connectivity index is 1.66. The summed E-state index contributed by atoms with van der Waals surface area (Å²) in [5, 5.41) is 21.9. The van der Waals surface area contributed by atoms with E-state index in [-0.39, 0.29) is 12.4 Å². The van der Waals surface area contributed by atoms with E-state index < -0.39 is 17.7 Å². The number of aliphatic hydroxyl groups is 1. The minimum Gasteiger partial charge on any atom is -0.386 e. The Kier molecular flexibility index (Phi) is 5.60. The third-order valence-electron chi connectivity index (χ3n) is 4.32. The number of halogens is 3. The van der Waals surface area contributed by atoms with Gasteiger partial charge in [-0.25, -0.2) is 4.98 Å². The second-order valence-corrected chi connectivity index (χ2v) is 8.37. The number of rotatable bonds is 6. The van der Waals surface area contributed by atoms with Crippen LogP contribution in [0, 0.1) is 0 Å². The lowest BCUT2D eigenvalue weighted by atomic mass is 10.0. The summed E-state index contributed by atoms with van der Waals surface area (Å²) in [5.41, 5.74) is -0.585. The van der Waals surface area contributed by atoms with E-state index in [1.807, 2.05) is 0 Å². The Hall–Kier alpha value is -3.45. The highest BCUT2D eigenvalue weighted by Gasteiger charge is 2.38. The Bertz CT molecular complexity index is 1210. The lowest BCUT2D eigenvalue weighted by molar-refractivity contribution is -0.159. The predicted octanol–water partition coefficient (Wildman–Crippen LogP) is 3.96. The molecular weight excluding hydrogens is 447 g/mol. The SMILES string of the molecule is CC(C)(O)c1cnnc(N(Cc2ccc(-c3noc(C(F)(F)F)n3)s2)c2cnccn2)c1. The van der Waals surface area contributed by atoms with E-state index in [0.29, 0.717) is 22.1 Å². The van der Waals surface area contributed by atoms with Crippen LogP contribution in [0.15, 0.2) is 47.5 Å². The van der Waals surface area contributed by atoms with E-state index in [2.05, 4.69) is 34.8 Å². The zero-order valence-electron chi connectivity index (χ0n) is 16.8. The van der Waals surface area contributed by atoms with Crippen LogP contribution in [0.5, 0.6) is 0 Å². The molecule has 0 radical (unpaired) electrons. The number of hydrogen-bond donors (Lipinski definition) is 1. The summed E-state index contributed by atoms with van der Waals surface area (Å²) in [6, 6.07) is 5.03. The molecule has 166 valence electrons. The summed E-state index contributed by atoms with van der Waals surface area (Å²) in [6.07, 6.45) is 1.35. The van der Waals surface area contributed by atoms with Gasteiger partial charge in [0.25, 0.3) is 0 Å². The van der Waals surface area contributed by atoms with Crippen molar-refractivity contribution in [2.75, 3.05) is 4.90 Å². The first-order chi connectivity index (χ1) is 15.1. The van der Waals surface area contributed by atoms with Gasteiger partial charge >= 0.3 is 12.1 Å². The minimum atomic E-state index is -4.71. The molecule has 4 rings (SSSR count). The summed E-state index contributed by atoms with van der Waals surface area (Å²) in [7, 11) is 0. The fourth-order valence-electron chi connectivity index (χ4n) is 2.71. The van der Waals surface area contributed by atoms with Crippen LogP contribution in [0.4, 0.5) is 24.8 Å². The highest BCUT2D eigenvalue weighted by atomic mass is 32.1. The highest BCUT2D eigenvalue weighted by Crippen LogP contribution is 2.33. The molecule has 4 aromatic rings. The van der Waals surface area contributed by atoms with E-state index in [1.165, 1.54) is 29.9 Å². The van der Waals surface area contributed by atoms with E-state index in [1.54, 1.807) is 43.1 Å². The third kappa shape index (κ3) is 4.73. The molecule has 0 aliphatic carbocycles. The molecule has 0 fully saturated rings. The summed E-state index contributed by atoms with van der Waals surface area (Å²) in [4.78, 5) is 14.7. The van der Waals surface area contributed by atoms with E-state index >= 15 is 0 Å². The molecule has 9 nitrogen and oxygen atoms in total. The molecule has 4 heterocycles. The van der Waals surface area contributed by atoms with Gasteiger partial charge in [-0.2, -0.15) is 23.3 Å². The van der Waals surface area contributed by atoms with Crippen LogP contribution < -0.4 is 4.90 Å². The summed E-state index contributed by atoms with van der Waals surface area (Å²) in [6.45, 7) is 3.52. The van der Waals surface area contributed by atoms with Gasteiger partial charge in [0.05, 0.1) is 29.4 Å². The maximum absolute atomic E-state index is 12.7. The van der Waals surface area contributed by atoms with Gasteiger partial charge in [-0.3, -0.25) is 4.98 Å². The Morgan fingerprint density at radius 1 is 1.12 bits per heavy atom. The Morgan fingerprint density at radius 3 is 2.59 bits per heavy atom. The first-order valence-electron chi connectivity index (χ1n) is 9.20. The molecule has 0 spiro atoms. The zero-order valence-corrected chi connectivity index (χ0v) is 17.6. The number of hydrogen-bond acceptors (Lipinski definition) is 10. The van der Waals surface area contributed by atoms with Gasteiger partial charge in [0.15, 0.2) is 11.6 Å². The summed E-state index contributed by atoms with van der Waals surface area (Å²) < 4.78 is 42.5. The summed E-state index contributed by atoms with van der Waals surface area (Å²) in [5.74, 6) is -0.659. The second kappa shape index (κ2) is 8.24. The molecule has 13 heteroatoms. The largest absolute Gasteiger partial charge is 0.471 e. The smallest absolute Gasteiger partial charge is 0.386 e. The Morgan fingerprint density at radius 2 is 1.94 bits per heavy atom. The molecule has 32 heavy (non-hydrogen) atoms. The molecule has 0 amide bonds. The lowest BCUT2D eigenvalue weighted by Crippen LogP contribution is -2.21. The van der Waals surface area contributed by atoms with Crippen LogP contribution in [0.1, 0.15) is 30.2 Å². The molecule has 1 N–H and O–H groups in total. The molecule has 0 bridgehead atoms. The second-order valence-electron chi connectivity index (χ2n) is 7.20. The fraction of sp³-hybridized carbons (Fsp3) is 0.263. The average Bonchev–Trinajstić information content (AvgIpc) is 3.41. The molecule has 0 aliphatic heterocycles. The van der Waals surface area contributed by atoms with Crippen molar-refractivity contribution in [3.8, 4) is 10.7 Å². The van der Waals surface area contributed by atoms with Crippen LogP contribution in [0.2, 0.25) is 0 Å². The monoisotopic (exact) mass is 463 g/mol. The van der Waals surface area contributed by atoms with Crippen molar-refractivity contribution in [2.24, 2.45) is 0 Å². The maximum atomic E-state index is 12.7. The molecule has 0 aliphatic rings. The van der Waals surface area contributed by atoms with Crippen molar-refractivity contribution in [2.45, 2.75) is 32.2 Å². The number of alkyl halides is 3. The van der Waals surface area contributed by atoms with E-state index in [0.717, 1.165) is 4.88 Å². The topological polar surface area (TPSA) is 114 Å². The molecular formula is C19H16F3N7O2S. The normalized spacial score (nSPS) is 12.2. The van der Waals surface area contributed by atoms with Crippen molar-refractivity contribution in [3.63, 3.8) is 0 Å². The highest BCUT2D eigenvalue weighted by molar-refractivity contribution is 7.15. The first-order valence-corrected chi connectivity index (χ1v) is 10.0. The predicted molar refractivity (Wildman–Crippen MR) is 108 cm³/mol. The number of anilines is 2. The van der Waals surface area contributed by atoms with Gasteiger partial charge in [-0.05, 0) is 32.0 Å². The maximum Gasteiger partial charge on any atom is 0.471 e. The molecule has 0 atom stereocenters. The van der Waals surface area contributed by atoms with Crippen molar-refractivity contribution < 1.29 is 22.8 Å². The molecule has 4 aromatic heterocycles. The first kappa shape index (κ1) is 21.8. The van der Waals surface area contributed by atoms with Gasteiger partial charge in [0, 0.05) is 22.8 Å². The van der Waals surface area contributed by atoms with Gasteiger partial charge in [0.2, 0.25) is 5.82 Å². The van der Waals surface area contributed by atoms with Crippen molar-refractivity contribution in [1.82, 2.24) is 30.3 Å². The molecule has 0 unspecified atom stereocenters. The average molecular weight is 463 g/mol. The van der Waals surface area contributed by atoms with Crippen LogP contribution in [0.25, 0.3) is 10.7 Å². The Labute approximate surface area is 183 Å². The molecule has 0 aromatic carbocycles. The van der Waals surface area contributed by atoms with E-state index in [4.69, 9.17) is 0 Å². The third-order valence-corrected chi connectivity index (χ3v) is 5.38. The fourth-order valence-corrected chi connectivity index (χ4v) is 3.63. The molecule has 0 saturated heterocycles. The van der Waals surface area contributed by atoms with E-state index in [9.17, 15) is 18.3 Å². The van der Waals surface area contributed by atoms with Crippen molar-refractivity contribution in [3.05, 3.63) is 59.3 Å². The van der Waals surface area contributed by atoms with Crippen LogP contribution in [-0.2, 0) is 18.3 Å². The summed E-state index contributed by atoms with van der Waals surface area (Å²) >= 11 is 1.20. The van der Waals surface area contributed by atoms with Gasteiger partial charge in [-0.15, -0.1) is 16.4 Å². The van der Waals surface area contributed by atoms with Crippen LogP contribution >= 0.6 is 11.3 Å². The zero-order chi connectivity index (χ0) is 22.9. The number of nitrogens with zero attached hydrogens (tertiary/aromatic N) is 7. The van der Waals surface area contributed by atoms with Gasteiger partial charge in [0.1, 0.15) is 0 Å². The lowest BCUT2D eigenvalue weighted by Gasteiger charge is -2.23. The minimum absolute atomic E-state index is 0.150. The standard InChI is InChI=1S/C19H16F3N7O2S/c1-18(2,30)11-7-14(27-25-8-11)29(15-9-23-5-6-24-15)10-12-3-4-13(32-12)16-26-17(31-28-16)19(20,21)22/h3-9,30H,10H2,1-2H3. The quantitative estimate of drug-likeness (QED) is 0.454. The van der Waals surface area contributed by atoms with Gasteiger partial charge in [-0.1, -0.05) is 5.16 Å². The van der Waals surface area contributed by atoms with Crippen molar-refractivity contribution in [1.29, 1.82) is 0 Å². The molecule has 0 saturated carbocycles. The van der Waals surface area contributed by atoms with Crippen molar-refractivity contribution >= 4 is 23.0 Å².